The second-order valence-corrected chi connectivity index (χ2v) is 2.63. The monoisotopic (exact) mass is 172 g/mol. The van der Waals surface area contributed by atoms with E-state index in [0.29, 0.717) is 0 Å². The summed E-state index contributed by atoms with van der Waals surface area (Å²) in [5, 5.41) is 0. The summed E-state index contributed by atoms with van der Waals surface area (Å²) in [5.41, 5.74) is 3.19. The van der Waals surface area contributed by atoms with Crippen LogP contribution in [0.2, 0.25) is 0 Å². The van der Waals surface area contributed by atoms with Crippen LogP contribution in [0.4, 0.5) is 0 Å². The van der Waals surface area contributed by atoms with Crippen LogP contribution in [0, 0.1) is 6.92 Å². The molecule has 0 nitrogen and oxygen atoms in total. The highest BCUT2D eigenvalue weighted by molar-refractivity contribution is 6.34. The fraction of sp³-hybridized carbons (Fsp3) is 0.333. The van der Waals surface area contributed by atoms with Gasteiger partial charge in [-0.05, 0) is 19.4 Å². The Morgan fingerprint density at radius 2 is 1.85 bits per heavy atom. The molecular formula is C12H17B. The molecule has 0 N–H and O–H groups in total. The molecule has 1 aromatic carbocycles. The number of hydrogen-bond acceptors (Lipinski definition) is 0. The van der Waals surface area contributed by atoms with Crippen molar-refractivity contribution >= 4 is 19.4 Å². The Bertz CT molecular complexity index is 274. The Morgan fingerprint density at radius 3 is 2.38 bits per heavy atom. The second kappa shape index (κ2) is 6.53. The molecular weight excluding hydrogens is 155 g/mol. The summed E-state index contributed by atoms with van der Waals surface area (Å²) < 4.78 is 0. The summed E-state index contributed by atoms with van der Waals surface area (Å²) in [5.74, 6) is 0. The second-order valence-electron chi connectivity index (χ2n) is 2.63. The van der Waals surface area contributed by atoms with Crippen molar-refractivity contribution in [3.63, 3.8) is 0 Å². The van der Waals surface area contributed by atoms with Crippen LogP contribution in [-0.2, 0) is 0 Å². The van der Waals surface area contributed by atoms with E-state index in [0.717, 1.165) is 11.0 Å². The molecule has 0 spiro atoms. The summed E-state index contributed by atoms with van der Waals surface area (Å²) in [6, 6.07) is 6.03. The molecule has 13 heavy (non-hydrogen) atoms. The largest absolute Gasteiger partial charge is 0.114 e. The van der Waals surface area contributed by atoms with Crippen LogP contribution in [0.15, 0.2) is 24.3 Å². The van der Waals surface area contributed by atoms with Crippen LogP contribution in [0.1, 0.15) is 31.9 Å². The number of hydrogen-bond donors (Lipinski definition) is 0. The van der Waals surface area contributed by atoms with E-state index in [1.807, 2.05) is 45.1 Å². The smallest absolute Gasteiger partial charge is 0.0896 e. The van der Waals surface area contributed by atoms with E-state index in [1.54, 1.807) is 0 Å². The minimum atomic E-state index is 0.841. The van der Waals surface area contributed by atoms with Crippen molar-refractivity contribution in [1.82, 2.24) is 0 Å². The Kier molecular flexibility index (Phi) is 6.04. The molecule has 1 heteroatoms. The van der Waals surface area contributed by atoms with E-state index in [4.69, 9.17) is 7.85 Å². The zero-order chi connectivity index (χ0) is 10.3. The predicted octanol–water partition coefficient (Wildman–Crippen LogP) is 2.85. The van der Waals surface area contributed by atoms with E-state index in [1.165, 1.54) is 5.56 Å². The zero-order valence-electron chi connectivity index (χ0n) is 8.96. The first-order valence-corrected chi connectivity index (χ1v) is 4.73. The third-order valence-electron chi connectivity index (χ3n) is 1.59. The minimum absolute atomic E-state index is 0.841. The summed E-state index contributed by atoms with van der Waals surface area (Å²) >= 11 is 0. The van der Waals surface area contributed by atoms with Crippen molar-refractivity contribution in [3.8, 4) is 0 Å². The van der Waals surface area contributed by atoms with Gasteiger partial charge >= 0.3 is 0 Å². The minimum Gasteiger partial charge on any atom is -0.0896 e. The SMILES string of the molecule is CC.[B]c1ccc(C)cc1/C=C\C. The standard InChI is InChI=1S/C10H11B.C2H6/c1-3-4-9-7-8(2)5-6-10(9)11;1-2/h3-7H,1-2H3;1-2H3/b4-3-;. The van der Waals surface area contributed by atoms with Gasteiger partial charge in [-0.25, -0.2) is 0 Å². The number of allylic oxidation sites excluding steroid dienone is 1. The van der Waals surface area contributed by atoms with Crippen molar-refractivity contribution in [2.24, 2.45) is 0 Å². The molecule has 0 atom stereocenters. The summed E-state index contributed by atoms with van der Waals surface area (Å²) in [4.78, 5) is 0. The molecule has 1 rings (SSSR count). The van der Waals surface area contributed by atoms with Gasteiger partial charge in [0.1, 0.15) is 7.85 Å². The third-order valence-corrected chi connectivity index (χ3v) is 1.59. The molecule has 68 valence electrons. The van der Waals surface area contributed by atoms with Crippen molar-refractivity contribution in [1.29, 1.82) is 0 Å². The lowest BCUT2D eigenvalue weighted by Crippen LogP contribution is -2.06. The van der Waals surface area contributed by atoms with Gasteiger partial charge in [0.15, 0.2) is 0 Å². The molecule has 2 radical (unpaired) electrons. The van der Waals surface area contributed by atoms with Crippen molar-refractivity contribution < 1.29 is 0 Å². The van der Waals surface area contributed by atoms with Crippen molar-refractivity contribution in [3.05, 3.63) is 35.4 Å². The summed E-state index contributed by atoms with van der Waals surface area (Å²) in [6.45, 7) is 8.05. The molecule has 0 aliphatic rings. The predicted molar refractivity (Wildman–Crippen MR) is 62.6 cm³/mol. The normalized spacial score (nSPS) is 9.54. The van der Waals surface area contributed by atoms with Gasteiger partial charge in [0.05, 0.1) is 0 Å². The van der Waals surface area contributed by atoms with E-state index in [9.17, 15) is 0 Å². The van der Waals surface area contributed by atoms with Crippen LogP contribution >= 0.6 is 0 Å². The van der Waals surface area contributed by atoms with Crippen LogP contribution in [-0.4, -0.2) is 7.85 Å². The molecule has 0 amide bonds. The van der Waals surface area contributed by atoms with Crippen molar-refractivity contribution in [2.45, 2.75) is 27.7 Å². The molecule has 0 aromatic heterocycles. The summed E-state index contributed by atoms with van der Waals surface area (Å²) in [6.07, 6.45) is 4.01. The maximum absolute atomic E-state index is 5.72. The topological polar surface area (TPSA) is 0 Å². The quantitative estimate of drug-likeness (QED) is 0.571. The van der Waals surface area contributed by atoms with Gasteiger partial charge in [0, 0.05) is 0 Å². The third kappa shape index (κ3) is 3.98. The highest BCUT2D eigenvalue weighted by Gasteiger charge is 1.91. The molecule has 0 fully saturated rings. The lowest BCUT2D eigenvalue weighted by atomic mass is 9.89. The van der Waals surface area contributed by atoms with E-state index in [2.05, 4.69) is 13.0 Å². The molecule has 0 saturated heterocycles. The molecule has 0 bridgehead atoms. The number of benzene rings is 1. The maximum Gasteiger partial charge on any atom is 0.114 e. The fourth-order valence-corrected chi connectivity index (χ4v) is 1.02. The molecule has 0 aliphatic heterocycles. The highest BCUT2D eigenvalue weighted by atomic mass is 13.9. The lowest BCUT2D eigenvalue weighted by molar-refractivity contribution is 1.48. The fourth-order valence-electron chi connectivity index (χ4n) is 1.02. The average Bonchev–Trinajstić information content (AvgIpc) is 2.15. The van der Waals surface area contributed by atoms with Gasteiger partial charge in [-0.2, -0.15) is 0 Å². The molecule has 0 heterocycles. The van der Waals surface area contributed by atoms with Gasteiger partial charge < -0.3 is 0 Å². The number of aryl methyl sites for hydroxylation is 1. The van der Waals surface area contributed by atoms with E-state index < -0.39 is 0 Å². The van der Waals surface area contributed by atoms with Gasteiger partial charge in [-0.3, -0.25) is 0 Å². The Hall–Kier alpha value is -0.975. The maximum atomic E-state index is 5.72. The molecule has 0 aliphatic carbocycles. The van der Waals surface area contributed by atoms with Crippen molar-refractivity contribution in [2.75, 3.05) is 0 Å². The first-order valence-electron chi connectivity index (χ1n) is 4.73. The Balaban J connectivity index is 0.000000671. The Labute approximate surface area is 83.1 Å². The van der Waals surface area contributed by atoms with Gasteiger partial charge in [0.2, 0.25) is 0 Å². The van der Waals surface area contributed by atoms with Crippen LogP contribution in [0.25, 0.3) is 6.08 Å². The van der Waals surface area contributed by atoms with Gasteiger partial charge in [0.25, 0.3) is 0 Å². The summed E-state index contributed by atoms with van der Waals surface area (Å²) in [7, 11) is 5.72. The molecule has 0 unspecified atom stereocenters. The first-order chi connectivity index (χ1) is 6.24. The first kappa shape index (κ1) is 12.0. The van der Waals surface area contributed by atoms with Crippen LogP contribution in [0.3, 0.4) is 0 Å². The van der Waals surface area contributed by atoms with Crippen LogP contribution in [0.5, 0.6) is 0 Å². The lowest BCUT2D eigenvalue weighted by Gasteiger charge is -2.00. The average molecular weight is 172 g/mol. The number of rotatable bonds is 1. The Morgan fingerprint density at radius 1 is 1.23 bits per heavy atom. The van der Waals surface area contributed by atoms with Gasteiger partial charge in [-0.1, -0.05) is 55.2 Å². The van der Waals surface area contributed by atoms with E-state index in [-0.39, 0.29) is 0 Å². The zero-order valence-corrected chi connectivity index (χ0v) is 8.96. The molecule has 1 aromatic rings. The van der Waals surface area contributed by atoms with Crippen LogP contribution < -0.4 is 5.46 Å². The highest BCUT2D eigenvalue weighted by Crippen LogP contribution is 2.02. The van der Waals surface area contributed by atoms with E-state index >= 15 is 0 Å². The molecule has 0 saturated carbocycles. The van der Waals surface area contributed by atoms with Gasteiger partial charge in [-0.15, -0.1) is 0 Å².